The van der Waals surface area contributed by atoms with Crippen molar-refractivity contribution in [1.29, 1.82) is 5.26 Å². The first-order chi connectivity index (χ1) is 17.0. The number of nitrogens with zero attached hydrogens (tertiary/aromatic N) is 4. The van der Waals surface area contributed by atoms with Crippen molar-refractivity contribution >= 4 is 5.69 Å². The summed E-state index contributed by atoms with van der Waals surface area (Å²) in [7, 11) is 1.57. The van der Waals surface area contributed by atoms with E-state index in [9.17, 15) is 22.4 Å². The number of imidazole rings is 1. The zero-order valence-electron chi connectivity index (χ0n) is 19.3. The van der Waals surface area contributed by atoms with E-state index in [2.05, 4.69) is 11.1 Å². The molecule has 36 heavy (non-hydrogen) atoms. The van der Waals surface area contributed by atoms with Crippen molar-refractivity contribution in [2.75, 3.05) is 5.73 Å². The number of alkyl halides is 3. The lowest BCUT2D eigenvalue weighted by molar-refractivity contribution is -0.137. The van der Waals surface area contributed by atoms with Crippen LogP contribution in [0, 0.1) is 23.1 Å². The minimum atomic E-state index is -4.83. The maximum Gasteiger partial charge on any atom is 0.418 e. The molecule has 4 rings (SSSR count). The third-order valence-corrected chi connectivity index (χ3v) is 5.80. The van der Waals surface area contributed by atoms with Gasteiger partial charge in [0.2, 0.25) is 0 Å². The summed E-state index contributed by atoms with van der Waals surface area (Å²) in [5.41, 5.74) is 5.16. The van der Waals surface area contributed by atoms with Crippen molar-refractivity contribution in [3.05, 3.63) is 88.4 Å². The van der Waals surface area contributed by atoms with Gasteiger partial charge in [0, 0.05) is 25.4 Å². The van der Waals surface area contributed by atoms with Gasteiger partial charge < -0.3 is 10.3 Å². The number of halogens is 4. The van der Waals surface area contributed by atoms with Crippen LogP contribution in [-0.2, 0) is 19.6 Å². The fourth-order valence-corrected chi connectivity index (χ4v) is 3.94. The molecule has 2 aromatic carbocycles. The number of aryl methyl sites for hydroxylation is 1. The van der Waals surface area contributed by atoms with Crippen molar-refractivity contribution in [2.24, 2.45) is 13.0 Å². The van der Waals surface area contributed by atoms with Gasteiger partial charge in [0.15, 0.2) is 0 Å². The smallest absolute Gasteiger partial charge is 0.396 e. The van der Waals surface area contributed by atoms with Crippen molar-refractivity contribution in [3.63, 3.8) is 0 Å². The Labute approximate surface area is 203 Å². The van der Waals surface area contributed by atoms with E-state index in [-0.39, 0.29) is 22.7 Å². The summed E-state index contributed by atoms with van der Waals surface area (Å²) in [5, 5.41) is 9.03. The van der Waals surface area contributed by atoms with Gasteiger partial charge in [0.25, 0.3) is 0 Å². The van der Waals surface area contributed by atoms with E-state index < -0.39 is 23.2 Å². The number of pyridine rings is 1. The number of benzene rings is 2. The van der Waals surface area contributed by atoms with E-state index in [1.54, 1.807) is 25.4 Å². The van der Waals surface area contributed by atoms with Crippen LogP contribution in [-0.4, -0.2) is 14.1 Å². The second kappa shape index (κ2) is 9.34. The molecule has 1 unspecified atom stereocenters. The Morgan fingerprint density at radius 1 is 1.11 bits per heavy atom. The molecule has 0 saturated carbocycles. The molecule has 0 aliphatic carbocycles. The van der Waals surface area contributed by atoms with E-state index in [4.69, 9.17) is 11.0 Å². The Balaban J connectivity index is 1.80. The first-order valence-corrected chi connectivity index (χ1v) is 10.9. The second-order valence-electron chi connectivity index (χ2n) is 8.49. The highest BCUT2D eigenvalue weighted by Crippen LogP contribution is 2.38. The predicted octanol–water partition coefficient (Wildman–Crippen LogP) is 5.35. The van der Waals surface area contributed by atoms with E-state index in [1.165, 1.54) is 27.5 Å². The topological polar surface area (TPSA) is 89.6 Å². The number of anilines is 1. The Kier molecular flexibility index (Phi) is 6.41. The maximum absolute atomic E-state index is 14.2. The normalized spacial score (nSPS) is 12.4. The lowest BCUT2D eigenvalue weighted by Gasteiger charge is -2.14. The summed E-state index contributed by atoms with van der Waals surface area (Å²) >= 11 is 0. The van der Waals surface area contributed by atoms with Crippen molar-refractivity contribution in [2.45, 2.75) is 19.5 Å². The average molecular weight is 495 g/mol. The molecule has 0 fully saturated rings. The summed E-state index contributed by atoms with van der Waals surface area (Å²) in [6.45, 7) is 1.82. The van der Waals surface area contributed by atoms with Crippen LogP contribution in [0.4, 0.5) is 23.2 Å². The molecule has 10 heteroatoms. The number of nitrogen functional groups attached to an aromatic ring is 1. The molecule has 0 amide bonds. The maximum atomic E-state index is 14.2. The molecule has 2 heterocycles. The predicted molar refractivity (Wildman–Crippen MR) is 128 cm³/mol. The standard InChI is InChI=1S/C26H21F4N5O/c1-15(13-31)9-16-3-5-19(6-4-16)35-23(14-34(2)25(35)36)22-12-17(7-8-33-22)18-10-20(26(28,29)30)24(32)21(27)11-18/h3-8,10-12,14-15H,9,32H2,1-2H3. The number of nitrogens with two attached hydrogens (primary N) is 1. The monoisotopic (exact) mass is 495 g/mol. The molecular weight excluding hydrogens is 474 g/mol. The summed E-state index contributed by atoms with van der Waals surface area (Å²) in [4.78, 5) is 17.2. The fraction of sp³-hybridized carbons (Fsp3) is 0.192. The Hall–Kier alpha value is -4.39. The van der Waals surface area contributed by atoms with E-state index in [0.717, 1.165) is 17.7 Å². The second-order valence-corrected chi connectivity index (χ2v) is 8.49. The summed E-state index contributed by atoms with van der Waals surface area (Å²) in [6.07, 6.45) is -1.33. The molecule has 2 N–H and O–H groups in total. The lowest BCUT2D eigenvalue weighted by Crippen LogP contribution is -2.21. The molecule has 4 aromatic rings. The molecule has 0 radical (unpaired) electrons. The molecule has 0 saturated heterocycles. The van der Waals surface area contributed by atoms with Gasteiger partial charge in [0.1, 0.15) is 5.82 Å². The van der Waals surface area contributed by atoms with Crippen LogP contribution in [0.15, 0.2) is 65.7 Å². The lowest BCUT2D eigenvalue weighted by atomic mass is 10.0. The number of nitriles is 1. The zero-order chi connectivity index (χ0) is 26.2. The quantitative estimate of drug-likeness (QED) is 0.299. The van der Waals surface area contributed by atoms with E-state index in [0.29, 0.717) is 23.5 Å². The van der Waals surface area contributed by atoms with Gasteiger partial charge in [-0.3, -0.25) is 9.55 Å². The highest BCUT2D eigenvalue weighted by atomic mass is 19.4. The molecule has 2 aromatic heterocycles. The number of aromatic nitrogens is 3. The molecule has 0 spiro atoms. The number of hydrogen-bond acceptors (Lipinski definition) is 4. The number of hydrogen-bond donors (Lipinski definition) is 1. The molecule has 0 bridgehead atoms. The Morgan fingerprint density at radius 3 is 2.44 bits per heavy atom. The Morgan fingerprint density at radius 2 is 1.81 bits per heavy atom. The van der Waals surface area contributed by atoms with E-state index >= 15 is 0 Å². The third-order valence-electron chi connectivity index (χ3n) is 5.80. The molecule has 1 atom stereocenters. The van der Waals surface area contributed by atoms with Crippen LogP contribution in [0.25, 0.3) is 28.2 Å². The van der Waals surface area contributed by atoms with Crippen molar-refractivity contribution < 1.29 is 17.6 Å². The minimum absolute atomic E-state index is 0.0292. The van der Waals surface area contributed by atoms with Crippen LogP contribution in [0.3, 0.4) is 0 Å². The first-order valence-electron chi connectivity index (χ1n) is 10.9. The van der Waals surface area contributed by atoms with Crippen LogP contribution in [0.2, 0.25) is 0 Å². The first kappa shape index (κ1) is 24.7. The van der Waals surface area contributed by atoms with Gasteiger partial charge in [-0.25, -0.2) is 9.18 Å². The largest absolute Gasteiger partial charge is 0.418 e. The Bertz CT molecular complexity index is 1530. The van der Waals surface area contributed by atoms with Gasteiger partial charge in [-0.2, -0.15) is 18.4 Å². The fourth-order valence-electron chi connectivity index (χ4n) is 3.94. The SMILES string of the molecule is CC(C#N)Cc1ccc(-n2c(-c3cc(-c4cc(F)c(N)c(C(F)(F)F)c4)ccn3)cn(C)c2=O)cc1. The zero-order valence-corrected chi connectivity index (χ0v) is 19.3. The number of rotatable bonds is 5. The molecular formula is C26H21F4N5O. The average Bonchev–Trinajstić information content (AvgIpc) is 3.14. The van der Waals surface area contributed by atoms with E-state index in [1.807, 2.05) is 19.1 Å². The molecule has 6 nitrogen and oxygen atoms in total. The summed E-state index contributed by atoms with van der Waals surface area (Å²) < 4.78 is 57.1. The van der Waals surface area contributed by atoms with Gasteiger partial charge in [-0.15, -0.1) is 0 Å². The van der Waals surface area contributed by atoms with Crippen LogP contribution in [0.5, 0.6) is 0 Å². The molecule has 184 valence electrons. The van der Waals surface area contributed by atoms with Crippen LogP contribution in [0.1, 0.15) is 18.1 Å². The van der Waals surface area contributed by atoms with Crippen molar-refractivity contribution in [3.8, 4) is 34.3 Å². The summed E-state index contributed by atoms with van der Waals surface area (Å²) in [6, 6.07) is 14.0. The molecule has 0 aliphatic rings. The summed E-state index contributed by atoms with van der Waals surface area (Å²) in [5.74, 6) is -1.34. The van der Waals surface area contributed by atoms with Gasteiger partial charge in [-0.1, -0.05) is 12.1 Å². The van der Waals surface area contributed by atoms with Crippen LogP contribution < -0.4 is 11.4 Å². The minimum Gasteiger partial charge on any atom is -0.396 e. The van der Waals surface area contributed by atoms with Crippen molar-refractivity contribution in [1.82, 2.24) is 14.1 Å². The molecule has 0 aliphatic heterocycles. The third kappa shape index (κ3) is 4.73. The van der Waals surface area contributed by atoms with Gasteiger partial charge in [-0.05, 0) is 66.4 Å². The van der Waals surface area contributed by atoms with Crippen LogP contribution >= 0.6 is 0 Å². The highest BCUT2D eigenvalue weighted by molar-refractivity contribution is 5.72. The highest BCUT2D eigenvalue weighted by Gasteiger charge is 2.34. The van der Waals surface area contributed by atoms with Gasteiger partial charge >= 0.3 is 11.9 Å². The van der Waals surface area contributed by atoms with Gasteiger partial charge in [0.05, 0.1) is 34.4 Å².